The minimum absolute atomic E-state index is 0.0315. The molecule has 2 rings (SSSR count). The van der Waals surface area contributed by atoms with Crippen molar-refractivity contribution in [2.75, 3.05) is 11.5 Å². The van der Waals surface area contributed by atoms with E-state index in [0.29, 0.717) is 16.5 Å². The molecule has 0 saturated heterocycles. The summed E-state index contributed by atoms with van der Waals surface area (Å²) in [6.07, 6.45) is 3.49. The zero-order chi connectivity index (χ0) is 20.5. The van der Waals surface area contributed by atoms with E-state index in [2.05, 4.69) is 10.3 Å². The van der Waals surface area contributed by atoms with Gasteiger partial charge in [0.15, 0.2) is 11.7 Å². The van der Waals surface area contributed by atoms with Crippen molar-refractivity contribution >= 4 is 46.0 Å². The standard InChI is InChI=1S/C20H23N3O4S/c1-4-14(2)21-18(25)12-27-19(26)11-10-16-13-28-20(22-16)23(15(3)24)17-8-6-5-7-9-17/h5-11,13-14H,4,12H2,1-3H3,(H,21,25)/b11-10+/t14-/m0/s1. The van der Waals surface area contributed by atoms with Gasteiger partial charge in [0.2, 0.25) is 5.91 Å². The summed E-state index contributed by atoms with van der Waals surface area (Å²) in [4.78, 5) is 41.3. The largest absolute Gasteiger partial charge is 0.452 e. The molecule has 1 aromatic carbocycles. The van der Waals surface area contributed by atoms with Crippen LogP contribution in [-0.4, -0.2) is 35.4 Å². The van der Waals surface area contributed by atoms with Gasteiger partial charge in [-0.2, -0.15) is 0 Å². The van der Waals surface area contributed by atoms with Gasteiger partial charge >= 0.3 is 5.97 Å². The van der Waals surface area contributed by atoms with E-state index in [1.165, 1.54) is 35.3 Å². The molecule has 8 heteroatoms. The first-order valence-electron chi connectivity index (χ1n) is 8.86. The molecule has 1 heterocycles. The third-order valence-electron chi connectivity index (χ3n) is 3.79. The number of nitrogens with one attached hydrogen (secondary N) is 1. The van der Waals surface area contributed by atoms with Crippen LogP contribution in [0.2, 0.25) is 0 Å². The molecule has 148 valence electrons. The fourth-order valence-corrected chi connectivity index (χ4v) is 3.07. The second kappa shape index (κ2) is 10.4. The van der Waals surface area contributed by atoms with Crippen LogP contribution < -0.4 is 10.2 Å². The minimum atomic E-state index is -0.639. The molecule has 1 aromatic heterocycles. The summed E-state index contributed by atoms with van der Waals surface area (Å²) in [6, 6.07) is 9.22. The lowest BCUT2D eigenvalue weighted by Crippen LogP contribution is -2.35. The Kier molecular flexibility index (Phi) is 7.88. The number of nitrogens with zero attached hydrogens (tertiary/aromatic N) is 2. The number of hydrogen-bond acceptors (Lipinski definition) is 6. The van der Waals surface area contributed by atoms with Crippen LogP contribution in [0.25, 0.3) is 6.08 Å². The van der Waals surface area contributed by atoms with E-state index in [1.807, 2.05) is 44.2 Å². The monoisotopic (exact) mass is 401 g/mol. The Hall–Kier alpha value is -3.00. The minimum Gasteiger partial charge on any atom is -0.452 e. The van der Waals surface area contributed by atoms with Crippen LogP contribution in [0.4, 0.5) is 10.8 Å². The predicted octanol–water partition coefficient (Wildman–Crippen LogP) is 3.30. The summed E-state index contributed by atoms with van der Waals surface area (Å²) in [5.41, 5.74) is 1.23. The van der Waals surface area contributed by atoms with Crippen LogP contribution in [0.15, 0.2) is 41.8 Å². The van der Waals surface area contributed by atoms with Gasteiger partial charge in [-0.3, -0.25) is 14.5 Å². The first-order chi connectivity index (χ1) is 13.4. The highest BCUT2D eigenvalue weighted by atomic mass is 32.1. The summed E-state index contributed by atoms with van der Waals surface area (Å²) >= 11 is 1.29. The molecule has 2 amide bonds. The van der Waals surface area contributed by atoms with E-state index in [0.717, 1.165) is 6.42 Å². The molecule has 0 radical (unpaired) electrons. The lowest BCUT2D eigenvalue weighted by molar-refractivity contribution is -0.144. The summed E-state index contributed by atoms with van der Waals surface area (Å²) in [6.45, 7) is 4.96. The molecule has 0 aliphatic rings. The van der Waals surface area contributed by atoms with Crippen LogP contribution in [0, 0.1) is 0 Å². The van der Waals surface area contributed by atoms with Gasteiger partial charge in [0.1, 0.15) is 0 Å². The van der Waals surface area contributed by atoms with Gasteiger partial charge < -0.3 is 10.1 Å². The van der Waals surface area contributed by atoms with Gasteiger partial charge in [-0.05, 0) is 31.6 Å². The van der Waals surface area contributed by atoms with Crippen molar-refractivity contribution in [2.24, 2.45) is 0 Å². The number of rotatable bonds is 8. The Morgan fingerprint density at radius 2 is 2.00 bits per heavy atom. The highest BCUT2D eigenvalue weighted by Gasteiger charge is 2.17. The van der Waals surface area contributed by atoms with Gasteiger partial charge in [0.25, 0.3) is 5.91 Å². The van der Waals surface area contributed by atoms with Gasteiger partial charge in [-0.15, -0.1) is 11.3 Å². The number of benzene rings is 1. The van der Waals surface area contributed by atoms with Crippen molar-refractivity contribution in [1.29, 1.82) is 0 Å². The normalized spacial score (nSPS) is 11.8. The van der Waals surface area contributed by atoms with Crippen molar-refractivity contribution in [1.82, 2.24) is 10.3 Å². The second-order valence-corrected chi connectivity index (χ2v) is 6.90. The number of aromatic nitrogens is 1. The van der Waals surface area contributed by atoms with Crippen molar-refractivity contribution in [3.63, 3.8) is 0 Å². The number of thiazole rings is 1. The average molecular weight is 401 g/mol. The molecule has 0 saturated carbocycles. The van der Waals surface area contributed by atoms with Gasteiger partial charge in [0.05, 0.1) is 11.4 Å². The molecule has 1 N–H and O–H groups in total. The summed E-state index contributed by atoms with van der Waals surface area (Å²) < 4.78 is 4.91. The van der Waals surface area contributed by atoms with Crippen LogP contribution in [0.3, 0.4) is 0 Å². The quantitative estimate of drug-likeness (QED) is 0.542. The van der Waals surface area contributed by atoms with Gasteiger partial charge in [-0.1, -0.05) is 25.1 Å². The van der Waals surface area contributed by atoms with Crippen LogP contribution in [0.5, 0.6) is 0 Å². The fraction of sp³-hybridized carbons (Fsp3) is 0.300. The predicted molar refractivity (Wildman–Crippen MR) is 109 cm³/mol. The van der Waals surface area contributed by atoms with Crippen LogP contribution >= 0.6 is 11.3 Å². The Bertz CT molecular complexity index is 848. The zero-order valence-electron chi connectivity index (χ0n) is 16.0. The summed E-state index contributed by atoms with van der Waals surface area (Å²) in [5.74, 6) is -1.14. The van der Waals surface area contributed by atoms with Crippen molar-refractivity contribution in [3.05, 3.63) is 47.5 Å². The molecule has 0 unspecified atom stereocenters. The molecule has 2 aromatic rings. The highest BCUT2D eigenvalue weighted by molar-refractivity contribution is 7.14. The maximum atomic E-state index is 12.0. The van der Waals surface area contributed by atoms with E-state index >= 15 is 0 Å². The zero-order valence-corrected chi connectivity index (χ0v) is 16.9. The number of carbonyl (C=O) groups is 3. The molecule has 0 spiro atoms. The van der Waals surface area contributed by atoms with Crippen molar-refractivity contribution in [3.8, 4) is 0 Å². The summed E-state index contributed by atoms with van der Waals surface area (Å²) in [5, 5.41) is 4.94. The Labute approximate surface area is 168 Å². The van der Waals surface area contributed by atoms with E-state index in [-0.39, 0.29) is 24.5 Å². The van der Waals surface area contributed by atoms with Gasteiger partial charge in [-0.25, -0.2) is 9.78 Å². The lowest BCUT2D eigenvalue weighted by atomic mass is 10.2. The fourth-order valence-electron chi connectivity index (χ4n) is 2.22. The molecule has 7 nitrogen and oxygen atoms in total. The van der Waals surface area contributed by atoms with Crippen LogP contribution in [-0.2, 0) is 19.1 Å². The smallest absolute Gasteiger partial charge is 0.331 e. The molecule has 28 heavy (non-hydrogen) atoms. The first kappa shape index (κ1) is 21.3. The molecule has 0 bridgehead atoms. The number of anilines is 2. The van der Waals surface area contributed by atoms with E-state index in [4.69, 9.17) is 4.74 Å². The maximum absolute atomic E-state index is 12.0. The molecule has 0 fully saturated rings. The van der Waals surface area contributed by atoms with E-state index in [9.17, 15) is 14.4 Å². The average Bonchev–Trinajstić information content (AvgIpc) is 3.13. The second-order valence-electron chi connectivity index (χ2n) is 6.06. The third kappa shape index (κ3) is 6.31. The third-order valence-corrected chi connectivity index (χ3v) is 4.63. The number of amides is 2. The Balaban J connectivity index is 1.97. The highest BCUT2D eigenvalue weighted by Crippen LogP contribution is 2.28. The van der Waals surface area contributed by atoms with Crippen molar-refractivity contribution < 1.29 is 19.1 Å². The molecular weight excluding hydrogens is 378 g/mol. The van der Waals surface area contributed by atoms with Gasteiger partial charge in [0, 0.05) is 24.4 Å². The summed E-state index contributed by atoms with van der Waals surface area (Å²) in [7, 11) is 0. The van der Waals surface area contributed by atoms with Crippen LogP contribution in [0.1, 0.15) is 32.9 Å². The van der Waals surface area contributed by atoms with E-state index < -0.39 is 5.97 Å². The Morgan fingerprint density at radius 1 is 1.29 bits per heavy atom. The maximum Gasteiger partial charge on any atom is 0.331 e. The molecule has 1 atom stereocenters. The topological polar surface area (TPSA) is 88.6 Å². The SMILES string of the molecule is CC[C@H](C)NC(=O)COC(=O)/C=C/c1csc(N(C(C)=O)c2ccccc2)n1. The molecular formula is C20H23N3O4S. The van der Waals surface area contributed by atoms with Crippen molar-refractivity contribution in [2.45, 2.75) is 33.2 Å². The molecule has 0 aliphatic heterocycles. The number of esters is 1. The lowest BCUT2D eigenvalue weighted by Gasteiger charge is -2.17. The number of para-hydroxylation sites is 1. The number of hydrogen-bond donors (Lipinski definition) is 1. The number of carbonyl (C=O) groups excluding carboxylic acids is 3. The molecule has 0 aliphatic carbocycles. The number of ether oxygens (including phenoxy) is 1. The first-order valence-corrected chi connectivity index (χ1v) is 9.74. The van der Waals surface area contributed by atoms with E-state index in [1.54, 1.807) is 5.38 Å². The Morgan fingerprint density at radius 3 is 2.64 bits per heavy atom.